The molecular formula is C5H7O. The lowest BCUT2D eigenvalue weighted by Crippen LogP contribution is -1.79. The standard InChI is InChI=1S/C5H7O/c1-4-2-5(4)3-6/h1,5-6H,2-3H2. The summed E-state index contributed by atoms with van der Waals surface area (Å²) in [6.07, 6.45) is 0.941. The Bertz CT molecular complexity index is 76.0. The van der Waals surface area contributed by atoms with E-state index < -0.39 is 0 Å². The normalized spacial score (nSPS) is 30.8. The van der Waals surface area contributed by atoms with Crippen LogP contribution in [0.15, 0.2) is 5.57 Å². The van der Waals surface area contributed by atoms with Gasteiger partial charge in [0.25, 0.3) is 0 Å². The van der Waals surface area contributed by atoms with Crippen LogP contribution in [0.1, 0.15) is 6.42 Å². The number of aliphatic hydroxyl groups is 1. The third kappa shape index (κ3) is 0.455. The zero-order valence-electron chi connectivity index (χ0n) is 3.52. The number of aliphatic hydroxyl groups excluding tert-OH is 1. The molecule has 0 aromatic rings. The van der Waals surface area contributed by atoms with E-state index in [1.807, 2.05) is 0 Å². The van der Waals surface area contributed by atoms with Crippen molar-refractivity contribution in [3.63, 3.8) is 0 Å². The topological polar surface area (TPSA) is 20.2 Å². The van der Waals surface area contributed by atoms with Crippen LogP contribution in [0, 0.1) is 12.5 Å². The summed E-state index contributed by atoms with van der Waals surface area (Å²) in [4.78, 5) is 0. The van der Waals surface area contributed by atoms with E-state index in [1.165, 1.54) is 0 Å². The summed E-state index contributed by atoms with van der Waals surface area (Å²) in [6, 6.07) is 0. The average molecular weight is 83.1 g/mol. The van der Waals surface area contributed by atoms with Gasteiger partial charge in [0.15, 0.2) is 0 Å². The van der Waals surface area contributed by atoms with E-state index in [-0.39, 0.29) is 6.61 Å². The summed E-state index contributed by atoms with van der Waals surface area (Å²) in [6.45, 7) is 5.48. The van der Waals surface area contributed by atoms with Gasteiger partial charge in [-0.15, -0.1) is 0 Å². The molecule has 33 valence electrons. The van der Waals surface area contributed by atoms with Gasteiger partial charge in [-0.1, -0.05) is 12.2 Å². The lowest BCUT2D eigenvalue weighted by atomic mass is 10.4. The van der Waals surface area contributed by atoms with Crippen LogP contribution in [0.25, 0.3) is 0 Å². The van der Waals surface area contributed by atoms with Crippen molar-refractivity contribution in [2.24, 2.45) is 5.92 Å². The van der Waals surface area contributed by atoms with E-state index in [4.69, 9.17) is 11.7 Å². The summed E-state index contributed by atoms with van der Waals surface area (Å²) >= 11 is 0. The molecule has 1 N–H and O–H groups in total. The Morgan fingerprint density at radius 2 is 2.50 bits per heavy atom. The first kappa shape index (κ1) is 3.88. The second-order valence-corrected chi connectivity index (χ2v) is 1.66. The molecule has 0 amide bonds. The van der Waals surface area contributed by atoms with Crippen LogP contribution in [0.3, 0.4) is 0 Å². The van der Waals surface area contributed by atoms with Crippen molar-refractivity contribution in [2.45, 2.75) is 6.42 Å². The van der Waals surface area contributed by atoms with E-state index in [9.17, 15) is 0 Å². The number of hydrogen-bond donors (Lipinski definition) is 1. The van der Waals surface area contributed by atoms with E-state index in [2.05, 4.69) is 0 Å². The highest BCUT2D eigenvalue weighted by Gasteiger charge is 2.25. The summed E-state index contributed by atoms with van der Waals surface area (Å²) in [7, 11) is 0. The maximum Gasteiger partial charge on any atom is 0.0499 e. The van der Waals surface area contributed by atoms with Gasteiger partial charge in [-0.25, -0.2) is 0 Å². The Morgan fingerprint density at radius 1 is 2.00 bits per heavy atom. The quantitative estimate of drug-likeness (QED) is 0.485. The summed E-state index contributed by atoms with van der Waals surface area (Å²) in [5, 5.41) is 8.28. The molecule has 0 saturated heterocycles. The molecule has 1 aliphatic rings. The van der Waals surface area contributed by atoms with Gasteiger partial charge in [-0.2, -0.15) is 0 Å². The molecule has 1 aliphatic carbocycles. The van der Waals surface area contributed by atoms with Crippen LogP contribution in [0.2, 0.25) is 0 Å². The van der Waals surface area contributed by atoms with Crippen molar-refractivity contribution in [3.8, 4) is 0 Å². The summed E-state index contributed by atoms with van der Waals surface area (Å²) in [5.41, 5.74) is 0.956. The second-order valence-electron chi connectivity index (χ2n) is 1.66. The maximum absolute atomic E-state index is 8.28. The van der Waals surface area contributed by atoms with Gasteiger partial charge in [0.05, 0.1) is 0 Å². The summed E-state index contributed by atoms with van der Waals surface area (Å²) < 4.78 is 0. The molecule has 0 heterocycles. The van der Waals surface area contributed by atoms with Crippen LogP contribution >= 0.6 is 0 Å². The monoisotopic (exact) mass is 83.0 g/mol. The first-order chi connectivity index (χ1) is 2.84. The number of rotatable bonds is 1. The van der Waals surface area contributed by atoms with E-state index in [1.54, 1.807) is 0 Å². The molecule has 1 saturated carbocycles. The van der Waals surface area contributed by atoms with Gasteiger partial charge in [0, 0.05) is 12.5 Å². The van der Waals surface area contributed by atoms with Crippen LogP contribution in [-0.2, 0) is 0 Å². The van der Waals surface area contributed by atoms with Gasteiger partial charge in [0.2, 0.25) is 0 Å². The van der Waals surface area contributed by atoms with Crippen LogP contribution in [0.5, 0.6) is 0 Å². The molecule has 0 aromatic carbocycles. The Kier molecular flexibility index (Phi) is 0.701. The van der Waals surface area contributed by atoms with Crippen LogP contribution in [0.4, 0.5) is 0 Å². The van der Waals surface area contributed by atoms with Crippen molar-refractivity contribution in [1.82, 2.24) is 0 Å². The highest BCUT2D eigenvalue weighted by atomic mass is 16.3. The van der Waals surface area contributed by atoms with Crippen molar-refractivity contribution in [2.75, 3.05) is 6.61 Å². The Hall–Kier alpha value is -0.300. The minimum Gasteiger partial charge on any atom is -0.396 e. The van der Waals surface area contributed by atoms with Crippen LogP contribution in [-0.4, -0.2) is 11.7 Å². The fourth-order valence-electron chi connectivity index (χ4n) is 0.407. The fourth-order valence-corrected chi connectivity index (χ4v) is 0.407. The van der Waals surface area contributed by atoms with E-state index in [0.29, 0.717) is 5.92 Å². The Balaban J connectivity index is 2.26. The highest BCUT2D eigenvalue weighted by molar-refractivity contribution is 5.16. The SMILES string of the molecule is [CH]=C1CC1CO. The van der Waals surface area contributed by atoms with Crippen molar-refractivity contribution >= 4 is 0 Å². The smallest absolute Gasteiger partial charge is 0.0499 e. The Morgan fingerprint density at radius 3 is 2.50 bits per heavy atom. The van der Waals surface area contributed by atoms with Gasteiger partial charge in [-0.3, -0.25) is 0 Å². The van der Waals surface area contributed by atoms with Gasteiger partial charge >= 0.3 is 0 Å². The third-order valence-corrected chi connectivity index (χ3v) is 1.07. The zero-order chi connectivity index (χ0) is 4.57. The molecule has 0 aromatic heterocycles. The lowest BCUT2D eigenvalue weighted by Gasteiger charge is -1.74. The molecule has 1 radical (unpaired) electrons. The van der Waals surface area contributed by atoms with Gasteiger partial charge in [0.1, 0.15) is 0 Å². The van der Waals surface area contributed by atoms with Gasteiger partial charge in [-0.05, 0) is 6.42 Å². The van der Waals surface area contributed by atoms with E-state index in [0.717, 1.165) is 12.0 Å². The summed E-state index contributed by atoms with van der Waals surface area (Å²) in [5.74, 6) is 0.352. The highest BCUT2D eigenvalue weighted by Crippen LogP contribution is 2.34. The predicted octanol–water partition coefficient (Wildman–Crippen LogP) is 0.358. The molecule has 1 nitrogen and oxygen atoms in total. The molecule has 6 heavy (non-hydrogen) atoms. The second kappa shape index (κ2) is 1.09. The molecular weight excluding hydrogens is 76.1 g/mol. The predicted molar refractivity (Wildman–Crippen MR) is 23.0 cm³/mol. The van der Waals surface area contributed by atoms with Gasteiger partial charge < -0.3 is 5.11 Å². The lowest BCUT2D eigenvalue weighted by molar-refractivity contribution is 0.281. The minimum atomic E-state index is 0.242. The molecule has 1 unspecified atom stereocenters. The largest absolute Gasteiger partial charge is 0.396 e. The zero-order valence-corrected chi connectivity index (χ0v) is 3.52. The minimum absolute atomic E-state index is 0.242. The van der Waals surface area contributed by atoms with Crippen molar-refractivity contribution in [3.05, 3.63) is 12.2 Å². The molecule has 1 atom stereocenters. The molecule has 0 spiro atoms. The molecule has 0 aliphatic heterocycles. The first-order valence-corrected chi connectivity index (χ1v) is 2.06. The number of hydrogen-bond acceptors (Lipinski definition) is 1. The molecule has 1 heteroatoms. The average Bonchev–Trinajstić information content (AvgIpc) is 2.19. The fraction of sp³-hybridized carbons (Fsp3) is 0.600. The molecule has 1 rings (SSSR count). The Labute approximate surface area is 37.3 Å². The maximum atomic E-state index is 8.28. The van der Waals surface area contributed by atoms with Crippen molar-refractivity contribution < 1.29 is 5.11 Å². The third-order valence-electron chi connectivity index (χ3n) is 1.07. The van der Waals surface area contributed by atoms with E-state index >= 15 is 0 Å². The molecule has 0 bridgehead atoms. The van der Waals surface area contributed by atoms with Crippen molar-refractivity contribution in [1.29, 1.82) is 0 Å². The molecule has 1 fully saturated rings. The first-order valence-electron chi connectivity index (χ1n) is 2.06. The van der Waals surface area contributed by atoms with Crippen LogP contribution < -0.4 is 0 Å².